The standard InChI is InChI=1S/C17H19N5OS/c1-8-10(7-18-22-8)14-6-12-15(24-14)17(23)21-16(20-12)13-5-9-3-2-4-11(9)19-13/h6-7,9,11,13,19H,2-5H2,1H3,(H,18,22)(H,20,21,23)/t9?,11-,13?/m0/s1. The van der Waals surface area contributed by atoms with Crippen LogP contribution in [0.25, 0.3) is 20.7 Å². The lowest BCUT2D eigenvalue weighted by Gasteiger charge is -2.12. The molecule has 1 saturated carbocycles. The van der Waals surface area contributed by atoms with Crippen molar-refractivity contribution in [2.75, 3.05) is 0 Å². The predicted octanol–water partition coefficient (Wildman–Crippen LogP) is 2.89. The number of rotatable bonds is 2. The van der Waals surface area contributed by atoms with E-state index in [2.05, 4.69) is 20.5 Å². The van der Waals surface area contributed by atoms with Gasteiger partial charge >= 0.3 is 0 Å². The van der Waals surface area contributed by atoms with Crippen LogP contribution in [0.15, 0.2) is 17.1 Å². The quantitative estimate of drug-likeness (QED) is 0.669. The highest BCUT2D eigenvalue weighted by molar-refractivity contribution is 7.22. The summed E-state index contributed by atoms with van der Waals surface area (Å²) in [5.41, 5.74) is 2.79. The maximum atomic E-state index is 12.5. The summed E-state index contributed by atoms with van der Waals surface area (Å²) in [6, 6.07) is 2.78. The van der Waals surface area contributed by atoms with Crippen LogP contribution >= 0.6 is 11.3 Å². The largest absolute Gasteiger partial charge is 0.308 e. The van der Waals surface area contributed by atoms with Crippen molar-refractivity contribution in [2.45, 2.75) is 44.7 Å². The Hall–Kier alpha value is -1.99. The van der Waals surface area contributed by atoms with Gasteiger partial charge in [-0.2, -0.15) is 5.10 Å². The molecule has 3 aromatic heterocycles. The monoisotopic (exact) mass is 341 g/mol. The van der Waals surface area contributed by atoms with E-state index in [4.69, 9.17) is 4.98 Å². The number of nitrogens with zero attached hydrogens (tertiary/aromatic N) is 2. The van der Waals surface area contributed by atoms with E-state index in [-0.39, 0.29) is 11.6 Å². The molecule has 1 aliphatic carbocycles. The van der Waals surface area contributed by atoms with Crippen molar-refractivity contribution in [3.63, 3.8) is 0 Å². The van der Waals surface area contributed by atoms with Crippen LogP contribution in [0.3, 0.4) is 0 Å². The summed E-state index contributed by atoms with van der Waals surface area (Å²) in [4.78, 5) is 21.3. The van der Waals surface area contributed by atoms with E-state index in [1.54, 1.807) is 6.20 Å². The molecule has 2 fully saturated rings. The van der Waals surface area contributed by atoms with Gasteiger partial charge in [0.2, 0.25) is 0 Å². The Morgan fingerprint density at radius 2 is 2.25 bits per heavy atom. The van der Waals surface area contributed by atoms with E-state index in [0.29, 0.717) is 10.7 Å². The molecule has 2 aliphatic rings. The molecule has 3 atom stereocenters. The van der Waals surface area contributed by atoms with Gasteiger partial charge in [-0.1, -0.05) is 6.42 Å². The summed E-state index contributed by atoms with van der Waals surface area (Å²) >= 11 is 1.48. The molecule has 5 rings (SSSR count). The van der Waals surface area contributed by atoms with Gasteiger partial charge < -0.3 is 10.3 Å². The first kappa shape index (κ1) is 14.4. The molecular weight excluding hydrogens is 322 g/mol. The van der Waals surface area contributed by atoms with Crippen molar-refractivity contribution in [2.24, 2.45) is 5.92 Å². The fourth-order valence-corrected chi connectivity index (χ4v) is 5.27. The van der Waals surface area contributed by atoms with Crippen molar-refractivity contribution in [3.05, 3.63) is 34.1 Å². The molecule has 0 bridgehead atoms. The molecule has 1 saturated heterocycles. The highest BCUT2D eigenvalue weighted by Crippen LogP contribution is 2.40. The first-order valence-corrected chi connectivity index (χ1v) is 9.31. The third-order valence-electron chi connectivity index (χ3n) is 5.44. The normalized spacial score (nSPS) is 26.3. The van der Waals surface area contributed by atoms with Crippen LogP contribution in [0, 0.1) is 12.8 Å². The van der Waals surface area contributed by atoms with Gasteiger partial charge in [0.1, 0.15) is 10.5 Å². The molecule has 24 heavy (non-hydrogen) atoms. The lowest BCUT2D eigenvalue weighted by atomic mass is 10.0. The average Bonchev–Trinajstić information content (AvgIpc) is 3.28. The molecule has 4 heterocycles. The maximum Gasteiger partial charge on any atom is 0.268 e. The van der Waals surface area contributed by atoms with Crippen LogP contribution in [0.1, 0.15) is 43.2 Å². The smallest absolute Gasteiger partial charge is 0.268 e. The summed E-state index contributed by atoms with van der Waals surface area (Å²) in [5.74, 6) is 1.53. The number of fused-ring (bicyclic) bond motifs is 2. The van der Waals surface area contributed by atoms with E-state index in [1.165, 1.54) is 30.6 Å². The van der Waals surface area contributed by atoms with E-state index < -0.39 is 0 Å². The lowest BCUT2D eigenvalue weighted by molar-refractivity contribution is 0.515. The highest BCUT2D eigenvalue weighted by atomic mass is 32.1. The van der Waals surface area contributed by atoms with Crippen LogP contribution in [0.5, 0.6) is 0 Å². The number of aromatic amines is 2. The molecule has 6 nitrogen and oxygen atoms in total. The topological polar surface area (TPSA) is 86.5 Å². The fraction of sp³-hybridized carbons (Fsp3) is 0.471. The van der Waals surface area contributed by atoms with Crippen LogP contribution in [0.4, 0.5) is 0 Å². The first-order chi connectivity index (χ1) is 11.7. The molecule has 2 unspecified atom stereocenters. The van der Waals surface area contributed by atoms with Gasteiger partial charge in [-0.25, -0.2) is 4.98 Å². The number of hydrogen-bond acceptors (Lipinski definition) is 5. The summed E-state index contributed by atoms with van der Waals surface area (Å²) in [6.45, 7) is 1.98. The molecule has 3 aromatic rings. The Labute approximate surface area is 142 Å². The van der Waals surface area contributed by atoms with E-state index >= 15 is 0 Å². The predicted molar refractivity (Wildman–Crippen MR) is 94.2 cm³/mol. The Morgan fingerprint density at radius 1 is 1.33 bits per heavy atom. The summed E-state index contributed by atoms with van der Waals surface area (Å²) in [7, 11) is 0. The third-order valence-corrected chi connectivity index (χ3v) is 6.60. The molecule has 0 aromatic carbocycles. The number of nitrogens with one attached hydrogen (secondary N) is 3. The third kappa shape index (κ3) is 2.15. The zero-order chi connectivity index (χ0) is 16.3. The number of aryl methyl sites for hydroxylation is 1. The van der Waals surface area contributed by atoms with Crippen molar-refractivity contribution in [1.29, 1.82) is 0 Å². The van der Waals surface area contributed by atoms with Gasteiger partial charge in [0.25, 0.3) is 5.56 Å². The average molecular weight is 341 g/mol. The number of thiophene rings is 1. The second-order valence-corrected chi connectivity index (χ2v) is 7.99. The fourth-order valence-electron chi connectivity index (χ4n) is 4.21. The highest BCUT2D eigenvalue weighted by Gasteiger charge is 2.38. The molecule has 124 valence electrons. The van der Waals surface area contributed by atoms with Crippen molar-refractivity contribution in [1.82, 2.24) is 25.5 Å². The van der Waals surface area contributed by atoms with E-state index in [1.807, 2.05) is 13.0 Å². The summed E-state index contributed by atoms with van der Waals surface area (Å²) < 4.78 is 0.688. The molecule has 3 N–H and O–H groups in total. The van der Waals surface area contributed by atoms with Gasteiger partial charge in [0, 0.05) is 22.2 Å². The Balaban J connectivity index is 1.55. The lowest BCUT2D eigenvalue weighted by Crippen LogP contribution is -2.26. The van der Waals surface area contributed by atoms with Crippen molar-refractivity contribution < 1.29 is 0 Å². The first-order valence-electron chi connectivity index (χ1n) is 8.49. The number of hydrogen-bond donors (Lipinski definition) is 3. The van der Waals surface area contributed by atoms with Crippen LogP contribution in [0.2, 0.25) is 0 Å². The summed E-state index contributed by atoms with van der Waals surface area (Å²) in [5, 5.41) is 10.7. The SMILES string of the molecule is Cc1[nH]ncc1-c1cc2nc(C3CC4CCC[C@@H]4N3)[nH]c(=O)c2s1. The van der Waals surface area contributed by atoms with Crippen LogP contribution in [-0.4, -0.2) is 26.2 Å². The van der Waals surface area contributed by atoms with Crippen molar-refractivity contribution in [3.8, 4) is 10.4 Å². The number of aromatic nitrogens is 4. The van der Waals surface area contributed by atoms with Crippen molar-refractivity contribution >= 4 is 21.6 Å². The Morgan fingerprint density at radius 3 is 3.04 bits per heavy atom. The Kier molecular flexibility index (Phi) is 3.14. The van der Waals surface area contributed by atoms with Gasteiger partial charge in [0.15, 0.2) is 0 Å². The molecule has 7 heteroatoms. The molecular formula is C17H19N5OS. The van der Waals surface area contributed by atoms with Gasteiger partial charge in [-0.05, 0) is 38.2 Å². The minimum absolute atomic E-state index is 0.0359. The van der Waals surface area contributed by atoms with Crippen LogP contribution < -0.4 is 10.9 Å². The second-order valence-electron chi connectivity index (χ2n) is 6.94. The second kappa shape index (κ2) is 5.26. The van der Waals surface area contributed by atoms with E-state index in [0.717, 1.165) is 39.8 Å². The minimum atomic E-state index is -0.0359. The minimum Gasteiger partial charge on any atom is -0.308 e. The van der Waals surface area contributed by atoms with Gasteiger partial charge in [-0.15, -0.1) is 11.3 Å². The van der Waals surface area contributed by atoms with Gasteiger partial charge in [0.05, 0.1) is 17.8 Å². The molecule has 1 aliphatic heterocycles. The number of H-pyrrole nitrogens is 2. The van der Waals surface area contributed by atoms with Gasteiger partial charge in [-0.3, -0.25) is 9.89 Å². The zero-order valence-electron chi connectivity index (χ0n) is 13.4. The molecule has 0 radical (unpaired) electrons. The Bertz CT molecular complexity index is 959. The van der Waals surface area contributed by atoms with E-state index in [9.17, 15) is 4.79 Å². The molecule has 0 spiro atoms. The zero-order valence-corrected chi connectivity index (χ0v) is 14.2. The molecule has 0 amide bonds. The maximum absolute atomic E-state index is 12.5. The van der Waals surface area contributed by atoms with Crippen LogP contribution in [-0.2, 0) is 0 Å². The summed E-state index contributed by atoms with van der Waals surface area (Å²) in [6.07, 6.45) is 6.74.